The van der Waals surface area contributed by atoms with Gasteiger partial charge in [-0.05, 0) is 31.4 Å². The van der Waals surface area contributed by atoms with Crippen molar-refractivity contribution in [3.63, 3.8) is 0 Å². The van der Waals surface area contributed by atoms with Gasteiger partial charge in [-0.25, -0.2) is 13.1 Å². The molecule has 0 aromatic carbocycles. The summed E-state index contributed by atoms with van der Waals surface area (Å²) in [4.78, 5) is 2.35. The number of aromatic nitrogens is 2. The molecule has 0 bridgehead atoms. The maximum Gasteiger partial charge on any atom is 0.208 e. The summed E-state index contributed by atoms with van der Waals surface area (Å²) in [6.07, 6.45) is 4.10. The van der Waals surface area contributed by atoms with Crippen LogP contribution in [0.2, 0.25) is 0 Å². The van der Waals surface area contributed by atoms with Gasteiger partial charge in [0.05, 0.1) is 11.9 Å². The molecule has 1 aliphatic rings. The van der Waals surface area contributed by atoms with Crippen molar-refractivity contribution in [2.45, 2.75) is 33.0 Å². The average Bonchev–Trinajstić information content (AvgIpc) is 3.03. The van der Waals surface area contributed by atoms with Gasteiger partial charge in [0.15, 0.2) is 0 Å². The molecule has 0 amide bonds. The molecule has 0 spiro atoms. The molecule has 1 N–H and O–H groups in total. The van der Waals surface area contributed by atoms with Crippen LogP contribution in [0.1, 0.15) is 23.6 Å². The molecule has 0 saturated heterocycles. The number of aryl methyl sites for hydroxylation is 1. The summed E-state index contributed by atoms with van der Waals surface area (Å²) >= 11 is 0. The predicted molar refractivity (Wildman–Crippen MR) is 90.7 cm³/mol. The molecule has 8 heteroatoms. The van der Waals surface area contributed by atoms with E-state index in [1.165, 1.54) is 11.9 Å². The highest BCUT2D eigenvalue weighted by molar-refractivity contribution is 7.88. The lowest BCUT2D eigenvalue weighted by Gasteiger charge is -2.23. The summed E-state index contributed by atoms with van der Waals surface area (Å²) < 4.78 is 32.5. The topological polar surface area (TPSA) is 80.4 Å². The van der Waals surface area contributed by atoms with Crippen molar-refractivity contribution in [3.8, 4) is 0 Å². The number of hydrogen-bond acceptors (Lipinski definition) is 5. The third-order valence-electron chi connectivity index (χ3n) is 4.26. The molecule has 1 atom stereocenters. The fourth-order valence-corrected chi connectivity index (χ4v) is 3.73. The zero-order valence-electron chi connectivity index (χ0n) is 14.1. The maximum absolute atomic E-state index is 11.3. The van der Waals surface area contributed by atoms with E-state index in [4.69, 9.17) is 4.52 Å². The Morgan fingerprint density at radius 1 is 1.42 bits per heavy atom. The lowest BCUT2D eigenvalue weighted by Crippen LogP contribution is -2.31. The van der Waals surface area contributed by atoms with E-state index in [-0.39, 0.29) is 0 Å². The number of rotatable bonds is 6. The summed E-state index contributed by atoms with van der Waals surface area (Å²) in [5, 5.41) is 4.09. The van der Waals surface area contributed by atoms with Crippen LogP contribution in [-0.2, 0) is 29.7 Å². The molecule has 2 aromatic heterocycles. The summed E-state index contributed by atoms with van der Waals surface area (Å²) in [5.74, 6) is 1.19. The zero-order chi connectivity index (χ0) is 17.2. The van der Waals surface area contributed by atoms with Crippen LogP contribution in [-0.4, -0.2) is 42.4 Å². The summed E-state index contributed by atoms with van der Waals surface area (Å²) in [5.41, 5.74) is 2.20. The van der Waals surface area contributed by atoms with Crippen LogP contribution in [0, 0.1) is 12.8 Å². The second kappa shape index (κ2) is 7.08. The van der Waals surface area contributed by atoms with Crippen molar-refractivity contribution >= 4 is 10.0 Å². The normalized spacial score (nSPS) is 19.2. The van der Waals surface area contributed by atoms with E-state index in [2.05, 4.69) is 37.7 Å². The Morgan fingerprint density at radius 2 is 2.25 bits per heavy atom. The predicted octanol–water partition coefficient (Wildman–Crippen LogP) is 1.36. The van der Waals surface area contributed by atoms with Crippen LogP contribution in [0.25, 0.3) is 0 Å². The van der Waals surface area contributed by atoms with Gasteiger partial charge in [-0.1, -0.05) is 5.16 Å². The molecule has 7 nitrogen and oxygen atoms in total. The standard InChI is InChI=1S/C16H24N4O3S/c1-13-8-15(18-23-13)11-19-9-14(5-6-17-24(2,21)22)10-20-7-3-4-16(20)12-19/h3-4,7-8,14,17H,5-6,9-12H2,1-2H3. The monoisotopic (exact) mass is 352 g/mol. The molecule has 0 radical (unpaired) electrons. The zero-order valence-corrected chi connectivity index (χ0v) is 14.9. The second-order valence-corrected chi connectivity index (χ2v) is 8.40. The number of fused-ring (bicyclic) bond motifs is 1. The first-order valence-corrected chi connectivity index (χ1v) is 10.0. The Bertz CT molecular complexity index is 781. The molecule has 1 unspecified atom stereocenters. The Labute approximate surface area is 142 Å². The van der Waals surface area contributed by atoms with Crippen molar-refractivity contribution in [1.29, 1.82) is 0 Å². The van der Waals surface area contributed by atoms with Crippen LogP contribution in [0.15, 0.2) is 28.9 Å². The highest BCUT2D eigenvalue weighted by Crippen LogP contribution is 2.21. The number of sulfonamides is 1. The SMILES string of the molecule is Cc1cc(CN2Cc3cccn3CC(CCNS(C)(=O)=O)C2)no1. The Balaban J connectivity index is 1.68. The average molecular weight is 352 g/mol. The molecule has 24 heavy (non-hydrogen) atoms. The molecule has 1 aliphatic heterocycles. The molecular weight excluding hydrogens is 328 g/mol. The van der Waals surface area contributed by atoms with Gasteiger partial charge in [-0.15, -0.1) is 0 Å². The maximum atomic E-state index is 11.3. The van der Waals surface area contributed by atoms with Crippen LogP contribution in [0.3, 0.4) is 0 Å². The Kier molecular flexibility index (Phi) is 5.07. The molecule has 0 aliphatic carbocycles. The Hall–Kier alpha value is -1.64. The first-order valence-electron chi connectivity index (χ1n) is 8.12. The lowest BCUT2D eigenvalue weighted by molar-refractivity contribution is 0.210. The molecule has 0 saturated carbocycles. The largest absolute Gasteiger partial charge is 0.361 e. The fourth-order valence-electron chi connectivity index (χ4n) is 3.24. The van der Waals surface area contributed by atoms with Crippen molar-refractivity contribution in [1.82, 2.24) is 19.3 Å². The van der Waals surface area contributed by atoms with Gasteiger partial charge in [0, 0.05) is 50.7 Å². The van der Waals surface area contributed by atoms with E-state index >= 15 is 0 Å². The number of hydrogen-bond donors (Lipinski definition) is 1. The van der Waals surface area contributed by atoms with Gasteiger partial charge in [0.2, 0.25) is 10.0 Å². The van der Waals surface area contributed by atoms with E-state index in [1.807, 2.05) is 13.0 Å². The van der Waals surface area contributed by atoms with Gasteiger partial charge in [0.25, 0.3) is 0 Å². The molecule has 2 aromatic rings. The van der Waals surface area contributed by atoms with E-state index in [0.29, 0.717) is 12.5 Å². The third-order valence-corrected chi connectivity index (χ3v) is 4.99. The third kappa shape index (κ3) is 4.68. The molecule has 3 heterocycles. The van der Waals surface area contributed by atoms with E-state index < -0.39 is 10.0 Å². The molecule has 0 fully saturated rings. The van der Waals surface area contributed by atoms with Crippen molar-refractivity contribution < 1.29 is 12.9 Å². The van der Waals surface area contributed by atoms with E-state index in [9.17, 15) is 8.42 Å². The second-order valence-electron chi connectivity index (χ2n) is 6.57. The lowest BCUT2D eigenvalue weighted by atomic mass is 10.1. The van der Waals surface area contributed by atoms with E-state index in [0.717, 1.165) is 44.1 Å². The van der Waals surface area contributed by atoms with Crippen LogP contribution >= 0.6 is 0 Å². The number of nitrogens with one attached hydrogen (secondary N) is 1. The summed E-state index contributed by atoms with van der Waals surface area (Å²) in [7, 11) is -3.14. The van der Waals surface area contributed by atoms with Gasteiger partial charge < -0.3 is 9.09 Å². The quantitative estimate of drug-likeness (QED) is 0.849. The van der Waals surface area contributed by atoms with Crippen molar-refractivity contribution in [2.75, 3.05) is 19.3 Å². The van der Waals surface area contributed by atoms with Crippen LogP contribution < -0.4 is 4.72 Å². The first kappa shape index (κ1) is 17.2. The summed E-state index contributed by atoms with van der Waals surface area (Å²) in [6.45, 7) is 5.76. The van der Waals surface area contributed by atoms with Crippen molar-refractivity contribution in [3.05, 3.63) is 41.5 Å². The minimum absolute atomic E-state index is 0.376. The highest BCUT2D eigenvalue weighted by Gasteiger charge is 2.22. The summed E-state index contributed by atoms with van der Waals surface area (Å²) in [6, 6.07) is 6.16. The molecule has 3 rings (SSSR count). The van der Waals surface area contributed by atoms with Gasteiger partial charge in [-0.3, -0.25) is 4.90 Å². The fraction of sp³-hybridized carbons (Fsp3) is 0.562. The molecule has 132 valence electrons. The number of nitrogens with zero attached hydrogens (tertiary/aromatic N) is 3. The van der Waals surface area contributed by atoms with Gasteiger partial charge >= 0.3 is 0 Å². The molecular formula is C16H24N4O3S. The van der Waals surface area contributed by atoms with Gasteiger partial charge in [-0.2, -0.15) is 0 Å². The minimum atomic E-state index is -3.14. The smallest absolute Gasteiger partial charge is 0.208 e. The van der Waals surface area contributed by atoms with Crippen LogP contribution in [0.5, 0.6) is 0 Å². The van der Waals surface area contributed by atoms with E-state index in [1.54, 1.807) is 0 Å². The minimum Gasteiger partial charge on any atom is -0.361 e. The first-order chi connectivity index (χ1) is 11.4. The highest BCUT2D eigenvalue weighted by atomic mass is 32.2. The van der Waals surface area contributed by atoms with Crippen LogP contribution in [0.4, 0.5) is 0 Å². The van der Waals surface area contributed by atoms with Crippen molar-refractivity contribution in [2.24, 2.45) is 5.92 Å². The van der Waals surface area contributed by atoms with Gasteiger partial charge in [0.1, 0.15) is 5.76 Å². The Morgan fingerprint density at radius 3 is 2.96 bits per heavy atom.